The Labute approximate surface area is 183 Å². The molecule has 1 aliphatic rings. The lowest BCUT2D eigenvalue weighted by molar-refractivity contribution is -0.122. The lowest BCUT2D eigenvalue weighted by Crippen LogP contribution is -2.39. The van der Waals surface area contributed by atoms with Crippen molar-refractivity contribution in [3.05, 3.63) is 93.5 Å². The molecule has 3 aromatic rings. The monoisotopic (exact) mass is 464 g/mol. The molecule has 5 nitrogen and oxygen atoms in total. The van der Waals surface area contributed by atoms with Crippen molar-refractivity contribution in [2.75, 3.05) is 12.0 Å². The molecule has 3 aromatic carbocycles. The fourth-order valence-electron chi connectivity index (χ4n) is 3.75. The molecule has 2 amide bonds. The third-order valence-corrected chi connectivity index (χ3v) is 6.17. The van der Waals surface area contributed by atoms with Crippen LogP contribution in [0.15, 0.2) is 71.2 Å². The van der Waals surface area contributed by atoms with E-state index in [-0.39, 0.29) is 11.8 Å². The largest absolute Gasteiger partial charge is 0.496 e. The van der Waals surface area contributed by atoms with Gasteiger partial charge in [0.05, 0.1) is 7.11 Å². The number of hydrogen-bond donors (Lipinski definition) is 1. The predicted octanol–water partition coefficient (Wildman–Crippen LogP) is 4.78. The molecule has 0 aromatic heterocycles. The quantitative estimate of drug-likeness (QED) is 0.590. The van der Waals surface area contributed by atoms with Crippen molar-refractivity contribution in [2.45, 2.75) is 19.5 Å². The molecule has 0 radical (unpaired) electrons. The second-order valence-corrected chi connectivity index (χ2v) is 7.98. The summed E-state index contributed by atoms with van der Waals surface area (Å²) in [5, 5.41) is 2.98. The minimum absolute atomic E-state index is 0.176. The highest BCUT2D eigenvalue weighted by atomic mass is 79.9. The summed E-state index contributed by atoms with van der Waals surface area (Å²) < 4.78 is 6.32. The summed E-state index contributed by atoms with van der Waals surface area (Å²) in [4.78, 5) is 28.1. The predicted molar refractivity (Wildman–Crippen MR) is 120 cm³/mol. The van der Waals surface area contributed by atoms with Crippen LogP contribution in [0.25, 0.3) is 0 Å². The van der Waals surface area contributed by atoms with Gasteiger partial charge in [0.1, 0.15) is 11.8 Å². The first-order valence-corrected chi connectivity index (χ1v) is 10.4. The van der Waals surface area contributed by atoms with Crippen LogP contribution in [0.1, 0.15) is 33.1 Å². The molecule has 0 spiro atoms. The maximum atomic E-state index is 13.3. The summed E-state index contributed by atoms with van der Waals surface area (Å²) in [6, 6.07) is 19.7. The van der Waals surface area contributed by atoms with E-state index >= 15 is 0 Å². The van der Waals surface area contributed by atoms with Gasteiger partial charge in [-0.2, -0.15) is 0 Å². The van der Waals surface area contributed by atoms with Gasteiger partial charge < -0.3 is 10.1 Å². The fraction of sp³-hybridized carbons (Fsp3) is 0.167. The van der Waals surface area contributed by atoms with Gasteiger partial charge in [-0.05, 0) is 48.4 Å². The second kappa shape index (κ2) is 8.32. The third-order valence-electron chi connectivity index (χ3n) is 5.28. The smallest absolute Gasteiger partial charge is 0.259 e. The van der Waals surface area contributed by atoms with Gasteiger partial charge in [0, 0.05) is 27.8 Å². The average molecular weight is 465 g/mol. The molecule has 6 heteroatoms. The minimum atomic E-state index is -0.732. The first kappa shape index (κ1) is 20.2. The molecule has 0 fully saturated rings. The Morgan fingerprint density at radius 2 is 1.83 bits per heavy atom. The van der Waals surface area contributed by atoms with Crippen molar-refractivity contribution in [1.82, 2.24) is 5.32 Å². The maximum Gasteiger partial charge on any atom is 0.259 e. The van der Waals surface area contributed by atoms with E-state index < -0.39 is 6.04 Å². The zero-order valence-corrected chi connectivity index (χ0v) is 18.3. The molecule has 4 rings (SSSR count). The Kier molecular flexibility index (Phi) is 5.59. The van der Waals surface area contributed by atoms with E-state index in [0.29, 0.717) is 29.1 Å². The first-order valence-electron chi connectivity index (χ1n) is 9.59. The lowest BCUT2D eigenvalue weighted by atomic mass is 10.0. The molecule has 1 aliphatic heterocycles. The van der Waals surface area contributed by atoms with Crippen molar-refractivity contribution in [1.29, 1.82) is 0 Å². The summed E-state index contributed by atoms with van der Waals surface area (Å²) in [6.07, 6.45) is 0. The number of nitrogens with one attached hydrogen (secondary N) is 1. The number of hydrogen-bond acceptors (Lipinski definition) is 3. The Balaban J connectivity index is 1.67. The molecule has 1 heterocycles. The van der Waals surface area contributed by atoms with E-state index in [9.17, 15) is 9.59 Å². The van der Waals surface area contributed by atoms with Crippen LogP contribution in [0, 0.1) is 6.92 Å². The number of nitrogens with zero attached hydrogens (tertiary/aromatic N) is 1. The molecule has 0 saturated carbocycles. The highest BCUT2D eigenvalue weighted by Crippen LogP contribution is 2.38. The van der Waals surface area contributed by atoms with Crippen LogP contribution >= 0.6 is 15.9 Å². The topological polar surface area (TPSA) is 58.6 Å². The standard InChI is InChI=1S/C24H21BrN2O3/c1-15-13-17(11-12-20(15)25)27-22(18-8-4-5-9-19(18)24(27)29)23(28)26-14-16-7-3-6-10-21(16)30-2/h3-13,22H,14H2,1-2H3,(H,26,28)/t22-/m1/s1. The number of anilines is 1. The normalized spacial score (nSPS) is 15.1. The number of amides is 2. The number of aryl methyl sites for hydroxylation is 1. The molecule has 152 valence electrons. The molecular formula is C24H21BrN2O3. The summed E-state index contributed by atoms with van der Waals surface area (Å²) in [5.74, 6) is 0.297. The SMILES string of the molecule is COc1ccccc1CNC(=O)[C@H]1c2ccccc2C(=O)N1c1ccc(Br)c(C)c1. The number of rotatable bonds is 5. The lowest BCUT2D eigenvalue weighted by Gasteiger charge is -2.25. The Morgan fingerprint density at radius 3 is 2.60 bits per heavy atom. The number of benzene rings is 3. The van der Waals surface area contributed by atoms with Gasteiger partial charge in [-0.3, -0.25) is 14.5 Å². The van der Waals surface area contributed by atoms with E-state index in [1.165, 1.54) is 0 Å². The van der Waals surface area contributed by atoms with Crippen molar-refractivity contribution in [2.24, 2.45) is 0 Å². The molecular weight excluding hydrogens is 444 g/mol. The van der Waals surface area contributed by atoms with Crippen LogP contribution in [0.4, 0.5) is 5.69 Å². The van der Waals surface area contributed by atoms with Gasteiger partial charge in [-0.15, -0.1) is 0 Å². The Hall–Kier alpha value is -3.12. The second-order valence-electron chi connectivity index (χ2n) is 7.13. The van der Waals surface area contributed by atoms with Crippen LogP contribution in [-0.2, 0) is 11.3 Å². The average Bonchev–Trinajstić information content (AvgIpc) is 3.07. The zero-order valence-electron chi connectivity index (χ0n) is 16.7. The van der Waals surface area contributed by atoms with Crippen molar-refractivity contribution in [3.63, 3.8) is 0 Å². The zero-order chi connectivity index (χ0) is 21.3. The van der Waals surface area contributed by atoms with E-state index in [2.05, 4.69) is 21.2 Å². The van der Waals surface area contributed by atoms with Gasteiger partial charge in [-0.1, -0.05) is 52.3 Å². The summed E-state index contributed by atoms with van der Waals surface area (Å²) >= 11 is 3.50. The highest BCUT2D eigenvalue weighted by molar-refractivity contribution is 9.10. The summed E-state index contributed by atoms with van der Waals surface area (Å²) in [5.41, 5.74) is 3.81. The molecule has 0 aliphatic carbocycles. The van der Waals surface area contributed by atoms with E-state index in [0.717, 1.165) is 15.6 Å². The van der Waals surface area contributed by atoms with Crippen molar-refractivity contribution in [3.8, 4) is 5.75 Å². The molecule has 1 atom stereocenters. The van der Waals surface area contributed by atoms with Crippen LogP contribution in [0.5, 0.6) is 5.75 Å². The van der Waals surface area contributed by atoms with E-state index in [1.807, 2.05) is 67.6 Å². The van der Waals surface area contributed by atoms with Crippen LogP contribution < -0.4 is 15.0 Å². The van der Waals surface area contributed by atoms with Crippen LogP contribution in [-0.4, -0.2) is 18.9 Å². The number of carbonyl (C=O) groups is 2. The number of methoxy groups -OCH3 is 1. The third kappa shape index (κ3) is 3.59. The Morgan fingerprint density at radius 1 is 1.10 bits per heavy atom. The van der Waals surface area contributed by atoms with Crippen molar-refractivity contribution >= 4 is 33.4 Å². The van der Waals surface area contributed by atoms with E-state index in [1.54, 1.807) is 18.1 Å². The number of carbonyl (C=O) groups excluding carboxylic acids is 2. The van der Waals surface area contributed by atoms with Gasteiger partial charge in [-0.25, -0.2) is 0 Å². The Bertz CT molecular complexity index is 1130. The molecule has 1 N–H and O–H groups in total. The van der Waals surface area contributed by atoms with Crippen molar-refractivity contribution < 1.29 is 14.3 Å². The highest BCUT2D eigenvalue weighted by Gasteiger charge is 2.41. The number of ether oxygens (including phenoxy) is 1. The van der Waals surface area contributed by atoms with E-state index in [4.69, 9.17) is 4.74 Å². The molecule has 0 unspecified atom stereocenters. The van der Waals surface area contributed by atoms with Gasteiger partial charge in [0.15, 0.2) is 0 Å². The van der Waals surface area contributed by atoms with Gasteiger partial charge in [0.25, 0.3) is 5.91 Å². The van der Waals surface area contributed by atoms with Gasteiger partial charge in [0.2, 0.25) is 5.91 Å². The van der Waals surface area contributed by atoms with Crippen LogP contribution in [0.2, 0.25) is 0 Å². The first-order chi connectivity index (χ1) is 14.5. The maximum absolute atomic E-state index is 13.3. The molecule has 0 saturated heterocycles. The summed E-state index contributed by atoms with van der Waals surface area (Å²) in [6.45, 7) is 2.26. The number of halogens is 1. The number of para-hydroxylation sites is 1. The molecule has 0 bridgehead atoms. The summed E-state index contributed by atoms with van der Waals surface area (Å²) in [7, 11) is 1.60. The molecule has 30 heavy (non-hydrogen) atoms. The van der Waals surface area contributed by atoms with Crippen LogP contribution in [0.3, 0.4) is 0 Å². The number of fused-ring (bicyclic) bond motifs is 1. The fourth-order valence-corrected chi connectivity index (χ4v) is 3.99. The minimum Gasteiger partial charge on any atom is -0.496 e. The van der Waals surface area contributed by atoms with Gasteiger partial charge >= 0.3 is 0 Å².